The van der Waals surface area contributed by atoms with Gasteiger partial charge in [-0.05, 0) is 24.3 Å². The van der Waals surface area contributed by atoms with Gasteiger partial charge in [-0.2, -0.15) is 0 Å². The van der Waals surface area contributed by atoms with Gasteiger partial charge in [-0.1, -0.05) is 37.1 Å². The Morgan fingerprint density at radius 3 is 2.86 bits per heavy atom. The summed E-state index contributed by atoms with van der Waals surface area (Å²) in [6.45, 7) is 0. The van der Waals surface area contributed by atoms with Crippen molar-refractivity contribution in [2.24, 2.45) is 0 Å². The Morgan fingerprint density at radius 1 is 1.14 bits per heavy atom. The molecular formula is C20H21N5OS3. The maximum Gasteiger partial charge on any atom is 0.258 e. The molecule has 150 valence electrons. The Balaban J connectivity index is 1.42. The third-order valence-corrected chi connectivity index (χ3v) is 7.90. The number of hydrogen-bond acceptors (Lipinski definition) is 7. The lowest BCUT2D eigenvalue weighted by atomic mass is 9.95. The molecule has 1 aliphatic carbocycles. The van der Waals surface area contributed by atoms with Crippen LogP contribution in [0.3, 0.4) is 0 Å². The Hall–Kier alpha value is -1.97. The summed E-state index contributed by atoms with van der Waals surface area (Å²) in [7, 11) is 0. The van der Waals surface area contributed by atoms with E-state index in [1.54, 1.807) is 39.8 Å². The second-order valence-electron chi connectivity index (χ2n) is 7.25. The lowest BCUT2D eigenvalue weighted by molar-refractivity contribution is 0.330. The topological polar surface area (TPSA) is 65.1 Å². The highest BCUT2D eigenvalue weighted by Crippen LogP contribution is 2.34. The number of nitrogens with zero attached hydrogens (tertiary/aromatic N) is 5. The second-order valence-corrected chi connectivity index (χ2v) is 10.1. The van der Waals surface area contributed by atoms with Crippen LogP contribution in [0.5, 0.6) is 0 Å². The summed E-state index contributed by atoms with van der Waals surface area (Å²) in [5.74, 6) is 1.66. The van der Waals surface area contributed by atoms with Gasteiger partial charge in [-0.3, -0.25) is 9.20 Å². The number of rotatable bonds is 6. The van der Waals surface area contributed by atoms with Gasteiger partial charge in [-0.25, -0.2) is 4.98 Å². The molecule has 0 amide bonds. The normalized spacial score (nSPS) is 15.3. The molecule has 0 spiro atoms. The molecule has 0 bridgehead atoms. The predicted octanol–water partition coefficient (Wildman–Crippen LogP) is 4.80. The lowest BCUT2D eigenvalue weighted by Gasteiger charge is -2.25. The summed E-state index contributed by atoms with van der Waals surface area (Å²) >= 11 is 4.88. The van der Waals surface area contributed by atoms with Gasteiger partial charge < -0.3 is 4.57 Å². The van der Waals surface area contributed by atoms with Gasteiger partial charge in [-0.15, -0.1) is 32.9 Å². The highest BCUT2D eigenvalue weighted by Gasteiger charge is 2.23. The summed E-state index contributed by atoms with van der Waals surface area (Å²) in [4.78, 5) is 18.9. The highest BCUT2D eigenvalue weighted by molar-refractivity contribution is 7.98. The van der Waals surface area contributed by atoms with Crippen molar-refractivity contribution in [1.82, 2.24) is 24.1 Å². The molecule has 0 aliphatic heterocycles. The molecule has 0 N–H and O–H groups in total. The van der Waals surface area contributed by atoms with Crippen LogP contribution in [0.15, 0.2) is 45.1 Å². The summed E-state index contributed by atoms with van der Waals surface area (Å²) in [6.07, 6.45) is 8.80. The van der Waals surface area contributed by atoms with Crippen LogP contribution in [0.1, 0.15) is 54.5 Å². The van der Waals surface area contributed by atoms with Crippen molar-refractivity contribution in [1.29, 1.82) is 0 Å². The minimum absolute atomic E-state index is 0.0287. The van der Waals surface area contributed by atoms with Gasteiger partial charge in [0, 0.05) is 40.7 Å². The van der Waals surface area contributed by atoms with E-state index in [2.05, 4.69) is 37.3 Å². The fourth-order valence-corrected chi connectivity index (χ4v) is 6.26. The van der Waals surface area contributed by atoms with Gasteiger partial charge in [0.25, 0.3) is 5.56 Å². The van der Waals surface area contributed by atoms with Crippen molar-refractivity contribution in [3.05, 3.63) is 61.9 Å². The van der Waals surface area contributed by atoms with E-state index in [0.29, 0.717) is 11.8 Å². The van der Waals surface area contributed by atoms with E-state index in [-0.39, 0.29) is 5.56 Å². The van der Waals surface area contributed by atoms with Crippen LogP contribution in [0, 0.1) is 0 Å². The Morgan fingerprint density at radius 2 is 2.03 bits per heavy atom. The third kappa shape index (κ3) is 4.04. The first-order valence-corrected chi connectivity index (χ1v) is 12.6. The molecule has 1 fully saturated rings. The van der Waals surface area contributed by atoms with Crippen molar-refractivity contribution in [2.75, 3.05) is 0 Å². The average molecular weight is 444 g/mol. The minimum Gasteiger partial charge on any atom is -0.303 e. The maximum absolute atomic E-state index is 12.3. The number of thioether (sulfide) groups is 1. The van der Waals surface area contributed by atoms with Gasteiger partial charge in [0.2, 0.25) is 0 Å². The molecule has 4 heterocycles. The zero-order valence-electron chi connectivity index (χ0n) is 15.9. The molecule has 1 aliphatic rings. The van der Waals surface area contributed by atoms with Crippen molar-refractivity contribution in [3.63, 3.8) is 0 Å². The number of thiazole rings is 1. The van der Waals surface area contributed by atoms with Crippen molar-refractivity contribution >= 4 is 39.4 Å². The number of aromatic nitrogens is 5. The van der Waals surface area contributed by atoms with E-state index in [0.717, 1.165) is 28.1 Å². The van der Waals surface area contributed by atoms with Gasteiger partial charge in [0.1, 0.15) is 5.82 Å². The first-order chi connectivity index (χ1) is 14.3. The molecule has 4 aromatic rings. The largest absolute Gasteiger partial charge is 0.303 e. The van der Waals surface area contributed by atoms with Crippen LogP contribution >= 0.6 is 34.4 Å². The number of thiophene rings is 1. The molecule has 29 heavy (non-hydrogen) atoms. The second kappa shape index (κ2) is 8.41. The van der Waals surface area contributed by atoms with E-state index < -0.39 is 0 Å². The standard InChI is InChI=1S/C20H21N5OS3/c26-18-11-14(21-19-24(18)8-10-28-19)13-29-20-23-22-17(12-16-7-4-9-27-16)25(20)15-5-2-1-3-6-15/h4,7-11,15H,1-3,5-6,12-13H2. The molecule has 0 atom stereocenters. The highest BCUT2D eigenvalue weighted by atomic mass is 32.2. The quantitative estimate of drug-likeness (QED) is 0.401. The van der Waals surface area contributed by atoms with E-state index in [1.807, 2.05) is 5.38 Å². The molecule has 1 saturated carbocycles. The number of hydrogen-bond donors (Lipinski definition) is 0. The van der Waals surface area contributed by atoms with Crippen molar-refractivity contribution in [2.45, 2.75) is 55.5 Å². The molecule has 5 rings (SSSR count). The lowest BCUT2D eigenvalue weighted by Crippen LogP contribution is -2.17. The molecular weight excluding hydrogens is 422 g/mol. The van der Waals surface area contributed by atoms with Crippen LogP contribution in [-0.2, 0) is 12.2 Å². The van der Waals surface area contributed by atoms with Gasteiger partial charge >= 0.3 is 0 Å². The minimum atomic E-state index is -0.0287. The summed E-state index contributed by atoms with van der Waals surface area (Å²) in [6, 6.07) is 6.34. The fraction of sp³-hybridized carbons (Fsp3) is 0.400. The molecule has 0 saturated heterocycles. The van der Waals surface area contributed by atoms with E-state index in [4.69, 9.17) is 0 Å². The molecule has 0 radical (unpaired) electrons. The third-order valence-electron chi connectivity index (χ3n) is 5.29. The molecule has 4 aromatic heterocycles. The maximum atomic E-state index is 12.3. The smallest absolute Gasteiger partial charge is 0.258 e. The first kappa shape index (κ1) is 19.0. The van der Waals surface area contributed by atoms with E-state index >= 15 is 0 Å². The van der Waals surface area contributed by atoms with Crippen LogP contribution in [-0.4, -0.2) is 24.1 Å². The zero-order chi connectivity index (χ0) is 19.6. The van der Waals surface area contributed by atoms with Crippen LogP contribution < -0.4 is 5.56 Å². The van der Waals surface area contributed by atoms with Gasteiger partial charge in [0.05, 0.1) is 5.69 Å². The zero-order valence-corrected chi connectivity index (χ0v) is 18.3. The molecule has 9 heteroatoms. The van der Waals surface area contributed by atoms with Crippen molar-refractivity contribution < 1.29 is 0 Å². The summed E-state index contributed by atoms with van der Waals surface area (Å²) in [5, 5.41) is 14.0. The predicted molar refractivity (Wildman–Crippen MR) is 118 cm³/mol. The molecule has 0 aromatic carbocycles. The summed E-state index contributed by atoms with van der Waals surface area (Å²) in [5.41, 5.74) is 0.763. The fourth-order valence-electron chi connectivity index (χ4n) is 3.90. The SMILES string of the molecule is O=c1cc(CSc2nnc(Cc3cccs3)n2C2CCCCC2)nc2sccn12. The molecule has 6 nitrogen and oxygen atoms in total. The van der Waals surface area contributed by atoms with Crippen LogP contribution in [0.2, 0.25) is 0 Å². The van der Waals surface area contributed by atoms with Crippen LogP contribution in [0.4, 0.5) is 0 Å². The van der Waals surface area contributed by atoms with E-state index in [1.165, 1.54) is 48.3 Å². The monoisotopic (exact) mass is 443 g/mol. The van der Waals surface area contributed by atoms with Gasteiger partial charge in [0.15, 0.2) is 10.1 Å². The Kier molecular flexibility index (Phi) is 5.52. The van der Waals surface area contributed by atoms with E-state index in [9.17, 15) is 4.79 Å². The Labute approximate surface area is 180 Å². The average Bonchev–Trinajstić information content (AvgIpc) is 3.49. The number of fused-ring (bicyclic) bond motifs is 1. The first-order valence-electron chi connectivity index (χ1n) is 9.83. The van der Waals surface area contributed by atoms with Crippen LogP contribution in [0.25, 0.3) is 4.96 Å². The Bertz CT molecular complexity index is 1150. The summed E-state index contributed by atoms with van der Waals surface area (Å²) < 4.78 is 3.95. The van der Waals surface area contributed by atoms with Crippen molar-refractivity contribution in [3.8, 4) is 0 Å². The molecule has 0 unspecified atom stereocenters.